The molecule has 0 bridgehead atoms. The predicted molar refractivity (Wildman–Crippen MR) is 49.6 cm³/mol. The molecule has 0 fully saturated rings. The van der Waals surface area contributed by atoms with Gasteiger partial charge in [-0.2, -0.15) is 0 Å². The standard InChI is InChI=1S/C7H9ClOS/c1-4-5-6-7(2)10(3,8)9/h4-6H,1-3H2. The first kappa shape index (κ1) is 9.53. The van der Waals surface area contributed by atoms with Gasteiger partial charge in [0, 0.05) is 4.91 Å². The number of halogens is 1. The van der Waals surface area contributed by atoms with Crippen LogP contribution in [0.5, 0.6) is 0 Å². The topological polar surface area (TPSA) is 17.1 Å². The molecule has 1 unspecified atom stereocenters. The first-order valence-electron chi connectivity index (χ1n) is 2.53. The molecule has 3 heteroatoms. The van der Waals surface area contributed by atoms with Gasteiger partial charge in [-0.1, -0.05) is 25.3 Å². The minimum absolute atomic E-state index is 0.314. The Morgan fingerprint density at radius 3 is 2.40 bits per heavy atom. The first-order valence-corrected chi connectivity index (χ1v) is 5.08. The van der Waals surface area contributed by atoms with Crippen molar-refractivity contribution < 1.29 is 4.21 Å². The van der Waals surface area contributed by atoms with Crippen LogP contribution in [0.4, 0.5) is 0 Å². The molecule has 0 aliphatic carbocycles. The predicted octanol–water partition coefficient (Wildman–Crippen LogP) is 2.11. The lowest BCUT2D eigenvalue weighted by Gasteiger charge is -1.95. The summed E-state index contributed by atoms with van der Waals surface area (Å²) in [6.45, 7) is 6.89. The fraction of sp³-hybridized carbons (Fsp3) is 0. The number of rotatable bonds is 3. The van der Waals surface area contributed by atoms with Gasteiger partial charge in [-0.15, -0.1) is 0 Å². The molecule has 0 saturated heterocycles. The summed E-state index contributed by atoms with van der Waals surface area (Å²) >= 11 is 0. The molecule has 56 valence electrons. The highest BCUT2D eigenvalue weighted by Gasteiger charge is 1.97. The van der Waals surface area contributed by atoms with E-state index >= 15 is 0 Å². The lowest BCUT2D eigenvalue weighted by atomic mass is 10.5. The number of allylic oxidation sites excluding steroid dienone is 3. The lowest BCUT2D eigenvalue weighted by molar-refractivity contribution is 0.693. The van der Waals surface area contributed by atoms with Gasteiger partial charge < -0.3 is 0 Å². The number of hydrogen-bond donors (Lipinski definition) is 0. The van der Waals surface area contributed by atoms with Crippen LogP contribution in [0.25, 0.3) is 0 Å². The van der Waals surface area contributed by atoms with Crippen LogP contribution in [-0.2, 0) is 8.74 Å². The third-order valence-corrected chi connectivity index (χ3v) is 2.32. The van der Waals surface area contributed by atoms with E-state index in [0.29, 0.717) is 4.91 Å². The van der Waals surface area contributed by atoms with Crippen molar-refractivity contribution in [3.8, 4) is 0 Å². The van der Waals surface area contributed by atoms with Gasteiger partial charge in [0.25, 0.3) is 0 Å². The van der Waals surface area contributed by atoms with Gasteiger partial charge >= 0.3 is 0 Å². The molecule has 0 aromatic heterocycles. The largest absolute Gasteiger partial charge is 0.248 e. The van der Waals surface area contributed by atoms with E-state index < -0.39 is 8.74 Å². The van der Waals surface area contributed by atoms with E-state index in [0.717, 1.165) is 0 Å². The number of hydrogen-bond acceptors (Lipinski definition) is 1. The van der Waals surface area contributed by atoms with Gasteiger partial charge in [-0.25, -0.2) is 4.21 Å². The van der Waals surface area contributed by atoms with Crippen molar-refractivity contribution >= 4 is 25.3 Å². The van der Waals surface area contributed by atoms with Crippen LogP contribution in [0.15, 0.2) is 36.3 Å². The second-order valence-corrected chi connectivity index (χ2v) is 4.87. The molecule has 1 nitrogen and oxygen atoms in total. The average Bonchev–Trinajstić information content (AvgIpc) is 1.80. The highest BCUT2D eigenvalue weighted by molar-refractivity contribution is 8.24. The minimum atomic E-state index is -2.63. The zero-order chi connectivity index (χ0) is 8.20. The third kappa shape index (κ3) is 3.54. The van der Waals surface area contributed by atoms with E-state index in [9.17, 15) is 4.21 Å². The molecule has 10 heavy (non-hydrogen) atoms. The molecule has 0 aliphatic rings. The highest BCUT2D eigenvalue weighted by Crippen LogP contribution is 2.10. The van der Waals surface area contributed by atoms with Gasteiger partial charge in [0.15, 0.2) is 0 Å². The highest BCUT2D eigenvalue weighted by atomic mass is 35.7. The molecule has 0 N–H and O–H groups in total. The van der Waals surface area contributed by atoms with Crippen LogP contribution < -0.4 is 0 Å². The van der Waals surface area contributed by atoms with Gasteiger partial charge in [0.1, 0.15) is 0 Å². The smallest absolute Gasteiger partial charge is 0.0754 e. The molecule has 0 rings (SSSR count). The summed E-state index contributed by atoms with van der Waals surface area (Å²) in [6, 6.07) is 0. The Morgan fingerprint density at radius 1 is 1.60 bits per heavy atom. The van der Waals surface area contributed by atoms with E-state index in [1.165, 1.54) is 6.08 Å². The van der Waals surface area contributed by atoms with E-state index in [-0.39, 0.29) is 0 Å². The maximum Gasteiger partial charge on any atom is 0.0754 e. The second kappa shape index (κ2) is 3.64. The fourth-order valence-corrected chi connectivity index (χ4v) is 0.713. The molecule has 0 amide bonds. The molecule has 0 heterocycles. The minimum Gasteiger partial charge on any atom is -0.248 e. The van der Waals surface area contributed by atoms with Crippen molar-refractivity contribution in [3.63, 3.8) is 0 Å². The molecule has 0 radical (unpaired) electrons. The molecule has 0 saturated carbocycles. The van der Waals surface area contributed by atoms with E-state index in [1.54, 1.807) is 12.2 Å². The van der Waals surface area contributed by atoms with Crippen molar-refractivity contribution in [2.45, 2.75) is 0 Å². The van der Waals surface area contributed by atoms with Gasteiger partial charge in [-0.05, 0) is 22.6 Å². The first-order chi connectivity index (χ1) is 4.48. The normalized spacial score (nSPS) is 16.5. The molecular formula is C7H9ClOS. The quantitative estimate of drug-likeness (QED) is 0.366. The van der Waals surface area contributed by atoms with Crippen LogP contribution in [0, 0.1) is 0 Å². The summed E-state index contributed by atoms with van der Waals surface area (Å²) in [4.78, 5) is 0.314. The second-order valence-electron chi connectivity index (χ2n) is 1.66. The Labute approximate surface area is 66.2 Å². The molecule has 0 aromatic carbocycles. The van der Waals surface area contributed by atoms with Crippen LogP contribution >= 0.6 is 10.7 Å². The van der Waals surface area contributed by atoms with Crippen molar-refractivity contribution in [2.24, 2.45) is 0 Å². The molecule has 1 atom stereocenters. The van der Waals surface area contributed by atoms with Crippen LogP contribution in [-0.4, -0.2) is 10.1 Å². The zero-order valence-electron chi connectivity index (χ0n) is 5.55. The van der Waals surface area contributed by atoms with Crippen LogP contribution in [0.1, 0.15) is 0 Å². The van der Waals surface area contributed by atoms with Crippen LogP contribution in [0.3, 0.4) is 0 Å². The summed E-state index contributed by atoms with van der Waals surface area (Å²) < 4.78 is 10.9. The van der Waals surface area contributed by atoms with Crippen molar-refractivity contribution in [3.05, 3.63) is 36.3 Å². The van der Waals surface area contributed by atoms with Gasteiger partial charge in [-0.3, -0.25) is 0 Å². The zero-order valence-corrected chi connectivity index (χ0v) is 7.12. The van der Waals surface area contributed by atoms with E-state index in [4.69, 9.17) is 10.7 Å². The van der Waals surface area contributed by atoms with Gasteiger partial charge in [0.05, 0.1) is 8.74 Å². The summed E-state index contributed by atoms with van der Waals surface area (Å²) in [7, 11) is 2.72. The molecule has 0 aromatic rings. The summed E-state index contributed by atoms with van der Waals surface area (Å²) in [5.74, 6) is 3.23. The Hall–Kier alpha value is -0.470. The maximum atomic E-state index is 10.9. The fourth-order valence-electron chi connectivity index (χ4n) is 0.277. The van der Waals surface area contributed by atoms with Gasteiger partial charge in [0.2, 0.25) is 0 Å². The summed E-state index contributed by atoms with van der Waals surface area (Å²) in [5, 5.41) is 0. The third-order valence-electron chi connectivity index (χ3n) is 0.810. The van der Waals surface area contributed by atoms with Crippen molar-refractivity contribution in [1.29, 1.82) is 0 Å². The van der Waals surface area contributed by atoms with Crippen molar-refractivity contribution in [2.75, 3.05) is 0 Å². The Morgan fingerprint density at radius 2 is 2.10 bits per heavy atom. The Balaban J connectivity index is 4.42. The van der Waals surface area contributed by atoms with Crippen molar-refractivity contribution in [1.82, 2.24) is 0 Å². The summed E-state index contributed by atoms with van der Waals surface area (Å²) in [5.41, 5.74) is 0. The van der Waals surface area contributed by atoms with E-state index in [1.807, 2.05) is 0 Å². The average molecular weight is 177 g/mol. The lowest BCUT2D eigenvalue weighted by Crippen LogP contribution is -1.87. The Kier molecular flexibility index (Phi) is 3.47. The monoisotopic (exact) mass is 176 g/mol. The molecular weight excluding hydrogens is 168 g/mol. The SMILES string of the molecule is C=CC=CC(=C)S(=C)(=O)Cl. The Bertz CT molecular complexity index is 259. The van der Waals surface area contributed by atoms with E-state index in [2.05, 4.69) is 19.0 Å². The summed E-state index contributed by atoms with van der Waals surface area (Å²) in [6.07, 6.45) is 4.68. The molecule has 0 spiro atoms. The van der Waals surface area contributed by atoms with Crippen LogP contribution in [0.2, 0.25) is 0 Å². The molecule has 0 aliphatic heterocycles. The maximum absolute atomic E-state index is 10.9.